The number of hydrogen-bond donors (Lipinski definition) is 1. The number of nitrogens with zero attached hydrogens (tertiary/aromatic N) is 1. The molecule has 1 amide bonds. The molecule has 2 aliphatic rings. The number of amidine groups is 1. The van der Waals surface area contributed by atoms with Crippen LogP contribution in [0.2, 0.25) is 0 Å². The second-order valence-corrected chi connectivity index (χ2v) is 5.41. The van der Waals surface area contributed by atoms with Crippen LogP contribution in [0.3, 0.4) is 0 Å². The summed E-state index contributed by atoms with van der Waals surface area (Å²) in [5.74, 6) is 1.03. The molecular formula is C13H22N2O2. The Morgan fingerprint density at radius 1 is 1.35 bits per heavy atom. The molecule has 0 radical (unpaired) electrons. The standard InChI is InChI=1S/C13H22N2O2/c1-9(2)10-11(16)15-12(14-10)13(17-3)7-5-4-6-8-13/h9-10H,4-8H2,1-3H3,(H,14,15,16). The van der Waals surface area contributed by atoms with Gasteiger partial charge in [0.05, 0.1) is 0 Å². The van der Waals surface area contributed by atoms with Crippen molar-refractivity contribution in [2.24, 2.45) is 10.9 Å². The van der Waals surface area contributed by atoms with Gasteiger partial charge in [0.25, 0.3) is 0 Å². The van der Waals surface area contributed by atoms with Gasteiger partial charge >= 0.3 is 0 Å². The second kappa shape index (κ2) is 4.77. The van der Waals surface area contributed by atoms with Gasteiger partial charge in [0.15, 0.2) is 0 Å². The van der Waals surface area contributed by atoms with Crippen molar-refractivity contribution >= 4 is 11.7 Å². The van der Waals surface area contributed by atoms with E-state index in [1.807, 2.05) is 13.8 Å². The fourth-order valence-corrected chi connectivity index (χ4v) is 2.76. The third-order valence-electron chi connectivity index (χ3n) is 3.89. The molecule has 4 heteroatoms. The summed E-state index contributed by atoms with van der Waals surface area (Å²) in [6.07, 6.45) is 5.48. The predicted molar refractivity (Wildman–Crippen MR) is 67.0 cm³/mol. The highest BCUT2D eigenvalue weighted by Crippen LogP contribution is 2.33. The fraction of sp³-hybridized carbons (Fsp3) is 0.846. The molecule has 1 atom stereocenters. The van der Waals surface area contributed by atoms with Gasteiger partial charge in [0.2, 0.25) is 5.91 Å². The Morgan fingerprint density at radius 3 is 2.47 bits per heavy atom. The third-order valence-corrected chi connectivity index (χ3v) is 3.89. The van der Waals surface area contributed by atoms with E-state index in [9.17, 15) is 4.79 Å². The van der Waals surface area contributed by atoms with Crippen molar-refractivity contribution in [3.05, 3.63) is 0 Å². The third kappa shape index (κ3) is 2.23. The largest absolute Gasteiger partial charge is 0.370 e. The smallest absolute Gasteiger partial charge is 0.250 e. The molecule has 0 spiro atoms. The summed E-state index contributed by atoms with van der Waals surface area (Å²) < 4.78 is 5.69. The highest BCUT2D eigenvalue weighted by Gasteiger charge is 2.43. The lowest BCUT2D eigenvalue weighted by molar-refractivity contribution is -0.121. The van der Waals surface area contributed by atoms with Gasteiger partial charge in [-0.3, -0.25) is 9.79 Å². The number of carbonyl (C=O) groups excluding carboxylic acids is 1. The zero-order chi connectivity index (χ0) is 12.5. The van der Waals surface area contributed by atoms with Gasteiger partial charge in [0.1, 0.15) is 17.5 Å². The number of carbonyl (C=O) groups is 1. The highest BCUT2D eigenvalue weighted by atomic mass is 16.5. The van der Waals surface area contributed by atoms with E-state index in [2.05, 4.69) is 10.3 Å². The van der Waals surface area contributed by atoms with Crippen LogP contribution in [0.25, 0.3) is 0 Å². The summed E-state index contributed by atoms with van der Waals surface area (Å²) in [6, 6.07) is -0.237. The molecule has 0 saturated heterocycles. The fourth-order valence-electron chi connectivity index (χ4n) is 2.76. The molecule has 1 aliphatic heterocycles. The Labute approximate surface area is 103 Å². The average Bonchev–Trinajstić information content (AvgIpc) is 2.73. The summed E-state index contributed by atoms with van der Waals surface area (Å²) in [7, 11) is 1.72. The van der Waals surface area contributed by atoms with E-state index in [0.29, 0.717) is 0 Å². The Morgan fingerprint density at radius 2 is 2.00 bits per heavy atom. The minimum Gasteiger partial charge on any atom is -0.370 e. The van der Waals surface area contributed by atoms with E-state index in [1.165, 1.54) is 6.42 Å². The SMILES string of the molecule is COC1(C2=NC(C(C)C)C(=O)N2)CCCCC1. The van der Waals surface area contributed by atoms with Crippen molar-refractivity contribution in [1.82, 2.24) is 5.32 Å². The molecule has 2 rings (SSSR count). The summed E-state index contributed by atoms with van der Waals surface area (Å²) in [5, 5.41) is 2.93. The van der Waals surface area contributed by atoms with E-state index in [4.69, 9.17) is 4.74 Å². The number of amides is 1. The van der Waals surface area contributed by atoms with Gasteiger partial charge in [-0.1, -0.05) is 33.1 Å². The van der Waals surface area contributed by atoms with Crippen LogP contribution in [0.5, 0.6) is 0 Å². The Hall–Kier alpha value is -0.900. The van der Waals surface area contributed by atoms with E-state index in [1.54, 1.807) is 7.11 Å². The topological polar surface area (TPSA) is 50.7 Å². The molecule has 96 valence electrons. The number of nitrogens with one attached hydrogen (secondary N) is 1. The van der Waals surface area contributed by atoms with E-state index in [-0.39, 0.29) is 23.5 Å². The van der Waals surface area contributed by atoms with Crippen LogP contribution < -0.4 is 5.32 Å². The van der Waals surface area contributed by atoms with Gasteiger partial charge in [-0.2, -0.15) is 0 Å². The molecule has 1 aliphatic carbocycles. The molecule has 1 N–H and O–H groups in total. The number of hydrogen-bond acceptors (Lipinski definition) is 3. The number of rotatable bonds is 3. The Bertz CT molecular complexity index is 330. The van der Waals surface area contributed by atoms with E-state index >= 15 is 0 Å². The van der Waals surface area contributed by atoms with Gasteiger partial charge in [-0.25, -0.2) is 0 Å². The van der Waals surface area contributed by atoms with E-state index in [0.717, 1.165) is 31.5 Å². The van der Waals surface area contributed by atoms with E-state index < -0.39 is 0 Å². The predicted octanol–water partition coefficient (Wildman–Crippen LogP) is 1.89. The van der Waals surface area contributed by atoms with Crippen molar-refractivity contribution < 1.29 is 9.53 Å². The van der Waals surface area contributed by atoms with Crippen LogP contribution in [0.15, 0.2) is 4.99 Å². The van der Waals surface area contributed by atoms with Crippen molar-refractivity contribution in [2.75, 3.05) is 7.11 Å². The molecule has 0 bridgehead atoms. The van der Waals surface area contributed by atoms with Crippen molar-refractivity contribution in [3.8, 4) is 0 Å². The highest BCUT2D eigenvalue weighted by molar-refractivity contribution is 6.09. The molecule has 0 aromatic heterocycles. The quantitative estimate of drug-likeness (QED) is 0.816. The Kier molecular flexibility index (Phi) is 3.52. The Balaban J connectivity index is 2.21. The second-order valence-electron chi connectivity index (χ2n) is 5.41. The molecule has 17 heavy (non-hydrogen) atoms. The molecular weight excluding hydrogens is 216 g/mol. The normalized spacial score (nSPS) is 28.1. The summed E-state index contributed by atoms with van der Waals surface area (Å²) in [6.45, 7) is 4.05. The number of ether oxygens (including phenoxy) is 1. The first-order chi connectivity index (χ1) is 8.09. The lowest BCUT2D eigenvalue weighted by atomic mass is 9.83. The van der Waals surface area contributed by atoms with Gasteiger partial charge < -0.3 is 10.1 Å². The van der Waals surface area contributed by atoms with Crippen LogP contribution in [0.4, 0.5) is 0 Å². The van der Waals surface area contributed by atoms with Crippen LogP contribution >= 0.6 is 0 Å². The molecule has 0 aromatic rings. The van der Waals surface area contributed by atoms with Crippen LogP contribution in [-0.4, -0.2) is 30.5 Å². The molecule has 1 saturated carbocycles. The molecule has 1 unspecified atom stereocenters. The number of aliphatic imine (C=N–C) groups is 1. The summed E-state index contributed by atoms with van der Waals surface area (Å²) >= 11 is 0. The minimum absolute atomic E-state index is 0.0250. The zero-order valence-electron chi connectivity index (χ0n) is 11.0. The van der Waals surface area contributed by atoms with Crippen LogP contribution in [0.1, 0.15) is 46.0 Å². The maximum Gasteiger partial charge on any atom is 0.250 e. The van der Waals surface area contributed by atoms with Crippen molar-refractivity contribution in [1.29, 1.82) is 0 Å². The molecule has 4 nitrogen and oxygen atoms in total. The summed E-state index contributed by atoms with van der Waals surface area (Å²) in [4.78, 5) is 16.4. The average molecular weight is 238 g/mol. The van der Waals surface area contributed by atoms with Crippen molar-refractivity contribution in [2.45, 2.75) is 57.6 Å². The maximum atomic E-state index is 11.8. The number of methoxy groups -OCH3 is 1. The minimum atomic E-state index is -0.336. The molecule has 1 heterocycles. The summed E-state index contributed by atoms with van der Waals surface area (Å²) in [5.41, 5.74) is -0.336. The first-order valence-corrected chi connectivity index (χ1v) is 6.53. The monoisotopic (exact) mass is 238 g/mol. The molecule has 1 fully saturated rings. The van der Waals surface area contributed by atoms with Gasteiger partial charge in [0, 0.05) is 7.11 Å². The first kappa shape index (κ1) is 12.6. The maximum absolute atomic E-state index is 11.8. The van der Waals surface area contributed by atoms with Gasteiger partial charge in [-0.15, -0.1) is 0 Å². The lowest BCUT2D eigenvalue weighted by Crippen LogP contribution is -2.49. The van der Waals surface area contributed by atoms with Crippen molar-refractivity contribution in [3.63, 3.8) is 0 Å². The van der Waals surface area contributed by atoms with Crippen LogP contribution in [-0.2, 0) is 9.53 Å². The van der Waals surface area contributed by atoms with Crippen LogP contribution in [0, 0.1) is 5.92 Å². The van der Waals surface area contributed by atoms with Gasteiger partial charge in [-0.05, 0) is 18.8 Å². The zero-order valence-corrected chi connectivity index (χ0v) is 11.0. The first-order valence-electron chi connectivity index (χ1n) is 6.53. The molecule has 0 aromatic carbocycles. The lowest BCUT2D eigenvalue weighted by Gasteiger charge is -2.35.